The van der Waals surface area contributed by atoms with E-state index in [1.54, 1.807) is 0 Å². The van der Waals surface area contributed by atoms with Gasteiger partial charge in [-0.1, -0.05) is 259 Å². The van der Waals surface area contributed by atoms with Crippen LogP contribution in [0.1, 0.15) is 298 Å². The minimum Gasteiger partial charge on any atom is -0.462 e. The van der Waals surface area contributed by atoms with Crippen LogP contribution in [0.4, 0.5) is 0 Å². The summed E-state index contributed by atoms with van der Waals surface area (Å²) < 4.78 is 16.8. The highest BCUT2D eigenvalue weighted by atomic mass is 16.6. The number of carbonyl (C=O) groups excluding carboxylic acids is 3. The summed E-state index contributed by atoms with van der Waals surface area (Å²) in [5.41, 5.74) is 0. The SMILES string of the molecule is CCCCCCCCCCCCCC(=O)OC[C@@H](COC(=O)CCCCCCCCCCCCCCCCCCC(C)C)OC(=O)CCCCCCCCCCCC(C)C. The Kier molecular flexibility index (Phi) is 45.7. The van der Waals surface area contributed by atoms with Crippen LogP contribution in [0.25, 0.3) is 0 Å². The van der Waals surface area contributed by atoms with Crippen molar-refractivity contribution in [1.29, 1.82) is 0 Å². The van der Waals surface area contributed by atoms with Crippen LogP contribution in [-0.2, 0) is 28.6 Å². The fraction of sp³-hybridized carbons (Fsp3) is 0.944. The molecule has 0 fully saturated rings. The Balaban J connectivity index is 4.24. The molecule has 0 amide bonds. The molecule has 1 atom stereocenters. The zero-order valence-electron chi connectivity index (χ0n) is 41.1. The van der Waals surface area contributed by atoms with Crippen LogP contribution in [0.2, 0.25) is 0 Å². The summed E-state index contributed by atoms with van der Waals surface area (Å²) in [6.07, 6.45) is 48.1. The minimum atomic E-state index is -0.761. The lowest BCUT2D eigenvalue weighted by Gasteiger charge is -2.18. The van der Waals surface area contributed by atoms with Gasteiger partial charge in [0.2, 0.25) is 0 Å². The molecule has 60 heavy (non-hydrogen) atoms. The second kappa shape index (κ2) is 46.9. The number of rotatable bonds is 48. The van der Waals surface area contributed by atoms with Gasteiger partial charge in [0, 0.05) is 19.3 Å². The van der Waals surface area contributed by atoms with Crippen LogP contribution in [0.15, 0.2) is 0 Å². The summed E-state index contributed by atoms with van der Waals surface area (Å²) in [5.74, 6) is 0.811. The Hall–Kier alpha value is -1.59. The molecule has 0 saturated heterocycles. The number of carbonyl (C=O) groups is 3. The number of unbranched alkanes of at least 4 members (excludes halogenated alkanes) is 33. The number of hydrogen-bond donors (Lipinski definition) is 0. The zero-order chi connectivity index (χ0) is 44.0. The van der Waals surface area contributed by atoms with Crippen molar-refractivity contribution >= 4 is 17.9 Å². The van der Waals surface area contributed by atoms with Crippen LogP contribution in [0.3, 0.4) is 0 Å². The van der Waals surface area contributed by atoms with Crippen LogP contribution in [0.5, 0.6) is 0 Å². The largest absolute Gasteiger partial charge is 0.462 e. The maximum Gasteiger partial charge on any atom is 0.306 e. The molecule has 0 unspecified atom stereocenters. The van der Waals surface area contributed by atoms with Crippen molar-refractivity contribution in [2.75, 3.05) is 13.2 Å². The minimum absolute atomic E-state index is 0.0636. The van der Waals surface area contributed by atoms with E-state index in [1.165, 1.54) is 186 Å². The second-order valence-electron chi connectivity index (χ2n) is 19.5. The third-order valence-electron chi connectivity index (χ3n) is 12.2. The van der Waals surface area contributed by atoms with Crippen molar-refractivity contribution in [3.8, 4) is 0 Å². The van der Waals surface area contributed by atoms with E-state index in [0.717, 1.165) is 69.6 Å². The lowest BCUT2D eigenvalue weighted by atomic mass is 10.0. The molecular formula is C54H104O6. The molecule has 356 valence electrons. The van der Waals surface area contributed by atoms with Gasteiger partial charge in [-0.2, -0.15) is 0 Å². The van der Waals surface area contributed by atoms with Crippen LogP contribution >= 0.6 is 0 Å². The van der Waals surface area contributed by atoms with E-state index in [1.807, 2.05) is 0 Å². The molecule has 0 aliphatic carbocycles. The summed E-state index contributed by atoms with van der Waals surface area (Å²) in [6.45, 7) is 11.4. The molecule has 0 bridgehead atoms. The molecule has 0 aliphatic heterocycles. The fourth-order valence-corrected chi connectivity index (χ4v) is 8.17. The van der Waals surface area contributed by atoms with Crippen LogP contribution in [0, 0.1) is 11.8 Å². The van der Waals surface area contributed by atoms with E-state index >= 15 is 0 Å². The summed E-state index contributed by atoms with van der Waals surface area (Å²) in [6, 6.07) is 0. The van der Waals surface area contributed by atoms with Gasteiger partial charge in [0.1, 0.15) is 13.2 Å². The second-order valence-corrected chi connectivity index (χ2v) is 19.5. The van der Waals surface area contributed by atoms with E-state index < -0.39 is 6.10 Å². The van der Waals surface area contributed by atoms with Gasteiger partial charge in [-0.15, -0.1) is 0 Å². The summed E-state index contributed by atoms with van der Waals surface area (Å²) in [7, 11) is 0. The van der Waals surface area contributed by atoms with Crippen LogP contribution < -0.4 is 0 Å². The van der Waals surface area contributed by atoms with Crippen molar-refractivity contribution < 1.29 is 28.6 Å². The monoisotopic (exact) mass is 849 g/mol. The predicted octanol–water partition coefficient (Wildman–Crippen LogP) is 17.3. The fourth-order valence-electron chi connectivity index (χ4n) is 8.17. The molecular weight excluding hydrogens is 745 g/mol. The molecule has 0 radical (unpaired) electrons. The summed E-state index contributed by atoms with van der Waals surface area (Å²) in [5, 5.41) is 0. The number of hydrogen-bond acceptors (Lipinski definition) is 6. The maximum absolute atomic E-state index is 12.8. The first-order chi connectivity index (χ1) is 29.2. The number of esters is 3. The molecule has 0 aromatic heterocycles. The standard InChI is InChI=1S/C54H104O6/c1-6-7-8-9-10-11-18-24-29-34-39-44-52(55)58-47-51(60-54(57)46-41-36-31-26-21-23-28-33-38-43-50(4)5)48-59-53(56)45-40-35-30-25-20-17-15-13-12-14-16-19-22-27-32-37-42-49(2)3/h49-51H,6-48H2,1-5H3/t51-/m0/s1. The van der Waals surface area contributed by atoms with Crippen molar-refractivity contribution in [2.45, 2.75) is 304 Å². The zero-order valence-corrected chi connectivity index (χ0v) is 41.1. The molecule has 0 aromatic rings. The van der Waals surface area contributed by atoms with Gasteiger partial charge in [-0.05, 0) is 31.1 Å². The average molecular weight is 849 g/mol. The van der Waals surface area contributed by atoms with Crippen molar-refractivity contribution in [3.63, 3.8) is 0 Å². The first-order valence-corrected chi connectivity index (χ1v) is 26.7. The highest BCUT2D eigenvalue weighted by Gasteiger charge is 2.19. The molecule has 0 spiro atoms. The van der Waals surface area contributed by atoms with Crippen molar-refractivity contribution in [2.24, 2.45) is 11.8 Å². The molecule has 0 heterocycles. The number of ether oxygens (including phenoxy) is 3. The Morgan fingerprint density at radius 3 is 0.817 bits per heavy atom. The molecule has 0 N–H and O–H groups in total. The first-order valence-electron chi connectivity index (χ1n) is 26.7. The van der Waals surface area contributed by atoms with Gasteiger partial charge in [-0.3, -0.25) is 14.4 Å². The van der Waals surface area contributed by atoms with Gasteiger partial charge < -0.3 is 14.2 Å². The van der Waals surface area contributed by atoms with Gasteiger partial charge in [-0.25, -0.2) is 0 Å². The summed E-state index contributed by atoms with van der Waals surface area (Å²) >= 11 is 0. The van der Waals surface area contributed by atoms with E-state index in [9.17, 15) is 14.4 Å². The van der Waals surface area contributed by atoms with Gasteiger partial charge >= 0.3 is 17.9 Å². The Morgan fingerprint density at radius 2 is 0.550 bits per heavy atom. The highest BCUT2D eigenvalue weighted by molar-refractivity contribution is 5.71. The smallest absolute Gasteiger partial charge is 0.306 e. The molecule has 6 nitrogen and oxygen atoms in total. The first kappa shape index (κ1) is 58.4. The molecule has 0 saturated carbocycles. The van der Waals surface area contributed by atoms with E-state index in [-0.39, 0.29) is 31.1 Å². The molecule has 0 aliphatic rings. The lowest BCUT2D eigenvalue weighted by molar-refractivity contribution is -0.167. The highest BCUT2D eigenvalue weighted by Crippen LogP contribution is 2.18. The lowest BCUT2D eigenvalue weighted by Crippen LogP contribution is -2.30. The quantitative estimate of drug-likeness (QED) is 0.0345. The Bertz CT molecular complexity index is 916. The summed E-state index contributed by atoms with van der Waals surface area (Å²) in [4.78, 5) is 37.9. The van der Waals surface area contributed by atoms with E-state index in [0.29, 0.717) is 19.3 Å². The van der Waals surface area contributed by atoms with Gasteiger partial charge in [0.05, 0.1) is 0 Å². The topological polar surface area (TPSA) is 78.9 Å². The van der Waals surface area contributed by atoms with Gasteiger partial charge in [0.15, 0.2) is 6.10 Å². The third kappa shape index (κ3) is 47.5. The van der Waals surface area contributed by atoms with Crippen molar-refractivity contribution in [1.82, 2.24) is 0 Å². The Morgan fingerprint density at radius 1 is 0.317 bits per heavy atom. The predicted molar refractivity (Wildman–Crippen MR) is 256 cm³/mol. The van der Waals surface area contributed by atoms with Crippen molar-refractivity contribution in [3.05, 3.63) is 0 Å². The molecule has 0 aromatic carbocycles. The maximum atomic E-state index is 12.8. The molecule has 6 heteroatoms. The average Bonchev–Trinajstić information content (AvgIpc) is 3.22. The molecule has 0 rings (SSSR count). The van der Waals surface area contributed by atoms with Crippen LogP contribution in [-0.4, -0.2) is 37.2 Å². The van der Waals surface area contributed by atoms with E-state index in [4.69, 9.17) is 14.2 Å². The normalized spacial score (nSPS) is 12.1. The van der Waals surface area contributed by atoms with E-state index in [2.05, 4.69) is 34.6 Å². The van der Waals surface area contributed by atoms with Gasteiger partial charge in [0.25, 0.3) is 0 Å². The third-order valence-corrected chi connectivity index (χ3v) is 12.2. The Labute approximate surface area is 374 Å².